The fraction of sp³-hybridized carbons (Fsp3) is 0.556. The number of amides is 1. The van der Waals surface area contributed by atoms with Crippen LogP contribution in [0.1, 0.15) is 23.7 Å². The number of hydrogen-bond acceptors (Lipinski definition) is 3. The zero-order chi connectivity index (χ0) is 10.6. The summed E-state index contributed by atoms with van der Waals surface area (Å²) in [7, 11) is 1.75. The first-order valence-corrected chi connectivity index (χ1v) is 4.57. The van der Waals surface area contributed by atoms with E-state index in [1.807, 2.05) is 6.92 Å². The number of aliphatic hydroxyl groups excluding tert-OH is 1. The van der Waals surface area contributed by atoms with E-state index < -0.39 is 0 Å². The van der Waals surface area contributed by atoms with Crippen LogP contribution in [0.2, 0.25) is 0 Å². The van der Waals surface area contributed by atoms with Gasteiger partial charge in [-0.1, -0.05) is 6.92 Å². The molecular weight excluding hydrogens is 182 g/mol. The van der Waals surface area contributed by atoms with E-state index in [1.165, 1.54) is 6.20 Å². The summed E-state index contributed by atoms with van der Waals surface area (Å²) in [6.07, 6.45) is 3.85. The van der Waals surface area contributed by atoms with Crippen LogP contribution in [0.3, 0.4) is 0 Å². The zero-order valence-corrected chi connectivity index (χ0v) is 8.40. The number of aliphatic hydroxyl groups is 1. The van der Waals surface area contributed by atoms with E-state index >= 15 is 0 Å². The van der Waals surface area contributed by atoms with Gasteiger partial charge in [-0.15, -0.1) is 0 Å². The van der Waals surface area contributed by atoms with Crippen molar-refractivity contribution in [1.82, 2.24) is 15.1 Å². The smallest absolute Gasteiger partial charge is 0.254 e. The summed E-state index contributed by atoms with van der Waals surface area (Å²) in [5.74, 6) is -0.195. The molecule has 0 aromatic carbocycles. The van der Waals surface area contributed by atoms with E-state index in [0.29, 0.717) is 12.0 Å². The van der Waals surface area contributed by atoms with Crippen LogP contribution in [0, 0.1) is 0 Å². The maximum atomic E-state index is 11.5. The Morgan fingerprint density at radius 3 is 2.93 bits per heavy atom. The Balaban J connectivity index is 2.58. The van der Waals surface area contributed by atoms with Crippen molar-refractivity contribution in [2.75, 3.05) is 6.61 Å². The van der Waals surface area contributed by atoms with Gasteiger partial charge in [0, 0.05) is 13.2 Å². The molecule has 78 valence electrons. The maximum absolute atomic E-state index is 11.5. The standard InChI is InChI=1S/C9H15N3O2/c1-3-8(6-13)11-9(14)7-4-10-12(2)5-7/h4-5,8,13H,3,6H2,1-2H3,(H,11,14)/t8-/m0/s1. The molecule has 0 fully saturated rings. The van der Waals surface area contributed by atoms with E-state index in [2.05, 4.69) is 10.4 Å². The van der Waals surface area contributed by atoms with Crippen LogP contribution < -0.4 is 5.32 Å². The molecule has 5 heteroatoms. The molecule has 1 aromatic heterocycles. The Labute approximate surface area is 82.7 Å². The minimum absolute atomic E-state index is 0.0392. The van der Waals surface area contributed by atoms with Crippen LogP contribution in [0.4, 0.5) is 0 Å². The van der Waals surface area contributed by atoms with Gasteiger partial charge in [-0.25, -0.2) is 0 Å². The molecule has 0 unspecified atom stereocenters. The average Bonchev–Trinajstić information content (AvgIpc) is 2.61. The summed E-state index contributed by atoms with van der Waals surface area (Å²) in [5, 5.41) is 15.5. The van der Waals surface area contributed by atoms with Gasteiger partial charge in [0.15, 0.2) is 0 Å². The SMILES string of the molecule is CC[C@@H](CO)NC(=O)c1cnn(C)c1. The minimum Gasteiger partial charge on any atom is -0.394 e. The van der Waals surface area contributed by atoms with Gasteiger partial charge in [-0.2, -0.15) is 5.10 Å². The van der Waals surface area contributed by atoms with E-state index in [9.17, 15) is 4.79 Å². The van der Waals surface area contributed by atoms with Crippen molar-refractivity contribution in [2.24, 2.45) is 7.05 Å². The van der Waals surface area contributed by atoms with E-state index in [-0.39, 0.29) is 18.6 Å². The molecule has 0 radical (unpaired) electrons. The van der Waals surface area contributed by atoms with Crippen LogP contribution in [0.15, 0.2) is 12.4 Å². The Kier molecular flexibility index (Phi) is 3.64. The lowest BCUT2D eigenvalue weighted by molar-refractivity contribution is 0.0915. The number of hydrogen-bond donors (Lipinski definition) is 2. The lowest BCUT2D eigenvalue weighted by Crippen LogP contribution is -2.36. The summed E-state index contributed by atoms with van der Waals surface area (Å²) in [4.78, 5) is 11.5. The van der Waals surface area contributed by atoms with Crippen molar-refractivity contribution in [1.29, 1.82) is 0 Å². The first-order chi connectivity index (χ1) is 6.67. The summed E-state index contributed by atoms with van der Waals surface area (Å²) in [6, 6.07) is -0.178. The Morgan fingerprint density at radius 1 is 1.79 bits per heavy atom. The lowest BCUT2D eigenvalue weighted by Gasteiger charge is -2.12. The van der Waals surface area contributed by atoms with Gasteiger partial charge in [0.05, 0.1) is 24.4 Å². The van der Waals surface area contributed by atoms with Gasteiger partial charge in [-0.05, 0) is 6.42 Å². The fourth-order valence-electron chi connectivity index (χ4n) is 1.08. The number of nitrogens with zero attached hydrogens (tertiary/aromatic N) is 2. The third kappa shape index (κ3) is 2.56. The van der Waals surface area contributed by atoms with Crippen LogP contribution in [0.5, 0.6) is 0 Å². The number of aryl methyl sites for hydroxylation is 1. The molecular formula is C9H15N3O2. The van der Waals surface area contributed by atoms with Crippen molar-refractivity contribution in [3.63, 3.8) is 0 Å². The second-order valence-electron chi connectivity index (χ2n) is 3.16. The highest BCUT2D eigenvalue weighted by Gasteiger charge is 2.12. The van der Waals surface area contributed by atoms with Crippen molar-refractivity contribution >= 4 is 5.91 Å². The van der Waals surface area contributed by atoms with Crippen molar-refractivity contribution < 1.29 is 9.90 Å². The molecule has 1 amide bonds. The van der Waals surface area contributed by atoms with E-state index in [4.69, 9.17) is 5.11 Å². The summed E-state index contributed by atoms with van der Waals surface area (Å²) in [6.45, 7) is 1.87. The molecule has 1 atom stereocenters. The van der Waals surface area contributed by atoms with Gasteiger partial charge >= 0.3 is 0 Å². The quantitative estimate of drug-likeness (QED) is 0.709. The highest BCUT2D eigenvalue weighted by molar-refractivity contribution is 5.93. The number of carbonyl (C=O) groups excluding carboxylic acids is 1. The van der Waals surface area contributed by atoms with Gasteiger partial charge in [0.1, 0.15) is 0 Å². The molecule has 1 aromatic rings. The van der Waals surface area contributed by atoms with Crippen LogP contribution in [-0.2, 0) is 7.05 Å². The van der Waals surface area contributed by atoms with Crippen LogP contribution >= 0.6 is 0 Å². The molecule has 2 N–H and O–H groups in total. The molecule has 14 heavy (non-hydrogen) atoms. The zero-order valence-electron chi connectivity index (χ0n) is 8.40. The topological polar surface area (TPSA) is 67.2 Å². The fourth-order valence-corrected chi connectivity index (χ4v) is 1.08. The summed E-state index contributed by atoms with van der Waals surface area (Å²) < 4.78 is 1.56. The normalized spacial score (nSPS) is 12.5. The predicted molar refractivity (Wildman–Crippen MR) is 51.8 cm³/mol. The number of carbonyl (C=O) groups is 1. The second-order valence-corrected chi connectivity index (χ2v) is 3.16. The number of aromatic nitrogens is 2. The molecule has 0 saturated carbocycles. The molecule has 0 spiro atoms. The monoisotopic (exact) mass is 197 g/mol. The van der Waals surface area contributed by atoms with Gasteiger partial charge in [0.2, 0.25) is 0 Å². The van der Waals surface area contributed by atoms with Crippen molar-refractivity contribution in [3.05, 3.63) is 18.0 Å². The van der Waals surface area contributed by atoms with Gasteiger partial charge in [-0.3, -0.25) is 9.48 Å². The molecule has 0 aliphatic carbocycles. The molecule has 0 aliphatic rings. The third-order valence-corrected chi connectivity index (χ3v) is 2.02. The molecule has 5 nitrogen and oxygen atoms in total. The predicted octanol–water partition coefficient (Wildman–Crippen LogP) is -0.0792. The highest BCUT2D eigenvalue weighted by atomic mass is 16.3. The molecule has 0 aliphatic heterocycles. The van der Waals surface area contributed by atoms with Crippen molar-refractivity contribution in [2.45, 2.75) is 19.4 Å². The highest BCUT2D eigenvalue weighted by Crippen LogP contribution is 1.98. The minimum atomic E-state index is -0.195. The Hall–Kier alpha value is -1.36. The third-order valence-electron chi connectivity index (χ3n) is 2.02. The lowest BCUT2D eigenvalue weighted by atomic mass is 10.2. The van der Waals surface area contributed by atoms with E-state index in [1.54, 1.807) is 17.9 Å². The van der Waals surface area contributed by atoms with E-state index in [0.717, 1.165) is 0 Å². The van der Waals surface area contributed by atoms with Gasteiger partial charge in [0.25, 0.3) is 5.91 Å². The second kappa shape index (κ2) is 4.76. The largest absolute Gasteiger partial charge is 0.394 e. The summed E-state index contributed by atoms with van der Waals surface area (Å²) in [5.41, 5.74) is 0.513. The van der Waals surface area contributed by atoms with Crippen molar-refractivity contribution in [3.8, 4) is 0 Å². The van der Waals surface area contributed by atoms with Gasteiger partial charge < -0.3 is 10.4 Å². The Morgan fingerprint density at radius 2 is 2.50 bits per heavy atom. The maximum Gasteiger partial charge on any atom is 0.254 e. The average molecular weight is 197 g/mol. The molecule has 0 bridgehead atoms. The number of rotatable bonds is 4. The van der Waals surface area contributed by atoms with Crippen LogP contribution in [-0.4, -0.2) is 33.4 Å². The molecule has 1 heterocycles. The Bertz CT molecular complexity index is 305. The molecule has 0 saturated heterocycles. The summed E-state index contributed by atoms with van der Waals surface area (Å²) >= 11 is 0. The first kappa shape index (κ1) is 10.7. The van der Waals surface area contributed by atoms with Crippen LogP contribution in [0.25, 0.3) is 0 Å². The molecule has 1 rings (SSSR count). The first-order valence-electron chi connectivity index (χ1n) is 4.57. The number of nitrogens with one attached hydrogen (secondary N) is 1.